The van der Waals surface area contributed by atoms with Crippen molar-refractivity contribution in [2.75, 3.05) is 20.1 Å². The Kier molecular flexibility index (Phi) is 4.00. The summed E-state index contributed by atoms with van der Waals surface area (Å²) in [6.07, 6.45) is 1.32. The van der Waals surface area contributed by atoms with Crippen molar-refractivity contribution in [3.05, 3.63) is 22.4 Å². The van der Waals surface area contributed by atoms with Crippen molar-refractivity contribution in [2.24, 2.45) is 5.92 Å². The predicted octanol–water partition coefficient (Wildman–Crippen LogP) is 2.74. The van der Waals surface area contributed by atoms with Gasteiger partial charge in [-0.1, -0.05) is 6.07 Å². The molecule has 2 nitrogen and oxygen atoms in total. The third-order valence-corrected chi connectivity index (χ3v) is 4.87. The lowest BCUT2D eigenvalue weighted by atomic mass is 10.0. The number of thiophene rings is 1. The zero-order valence-electron chi connectivity index (χ0n) is 10.4. The van der Waals surface area contributed by atoms with E-state index in [-0.39, 0.29) is 0 Å². The van der Waals surface area contributed by atoms with Gasteiger partial charge in [-0.2, -0.15) is 0 Å². The third kappa shape index (κ3) is 2.65. The maximum absolute atomic E-state index is 3.52. The van der Waals surface area contributed by atoms with E-state index in [1.165, 1.54) is 24.4 Å². The number of nitrogens with one attached hydrogen (secondary N) is 1. The molecule has 3 unspecified atom stereocenters. The van der Waals surface area contributed by atoms with Crippen LogP contribution in [0.25, 0.3) is 0 Å². The molecule has 0 saturated carbocycles. The summed E-state index contributed by atoms with van der Waals surface area (Å²) in [6.45, 7) is 7.00. The Morgan fingerprint density at radius 1 is 1.62 bits per heavy atom. The van der Waals surface area contributed by atoms with Crippen molar-refractivity contribution in [1.29, 1.82) is 0 Å². The molecule has 2 heterocycles. The van der Waals surface area contributed by atoms with Crippen LogP contribution in [0.4, 0.5) is 0 Å². The van der Waals surface area contributed by atoms with Crippen LogP contribution in [0.3, 0.4) is 0 Å². The fraction of sp³-hybridized carbons (Fsp3) is 0.692. The van der Waals surface area contributed by atoms with Crippen molar-refractivity contribution in [3.8, 4) is 0 Å². The van der Waals surface area contributed by atoms with Gasteiger partial charge in [-0.05, 0) is 51.2 Å². The molecule has 1 fully saturated rings. The lowest BCUT2D eigenvalue weighted by Crippen LogP contribution is -2.33. The second-order valence-electron chi connectivity index (χ2n) is 4.92. The normalized spacial score (nSPS) is 27.5. The van der Waals surface area contributed by atoms with Crippen molar-refractivity contribution in [1.82, 2.24) is 10.2 Å². The quantitative estimate of drug-likeness (QED) is 0.867. The molecule has 1 N–H and O–H groups in total. The van der Waals surface area contributed by atoms with Gasteiger partial charge in [0, 0.05) is 23.5 Å². The Morgan fingerprint density at radius 3 is 3.00 bits per heavy atom. The standard InChI is InChI=1S/C13H22N2S/c1-10-12(6-7-14-10)9-15(3)11(2)13-5-4-8-16-13/h4-5,8,10-12,14H,6-7,9H2,1-3H3. The Bertz CT molecular complexity index is 310. The molecular formula is C13H22N2S. The molecule has 0 aliphatic carbocycles. The molecule has 3 heteroatoms. The van der Waals surface area contributed by atoms with Crippen LogP contribution in [-0.2, 0) is 0 Å². The summed E-state index contributed by atoms with van der Waals surface area (Å²) in [7, 11) is 2.25. The average Bonchev–Trinajstić information content (AvgIpc) is 2.89. The summed E-state index contributed by atoms with van der Waals surface area (Å²) in [4.78, 5) is 3.96. The summed E-state index contributed by atoms with van der Waals surface area (Å²) in [5.74, 6) is 0.812. The molecule has 1 saturated heterocycles. The van der Waals surface area contributed by atoms with E-state index in [1.807, 2.05) is 11.3 Å². The van der Waals surface area contributed by atoms with E-state index in [2.05, 4.69) is 48.6 Å². The van der Waals surface area contributed by atoms with Gasteiger partial charge in [0.25, 0.3) is 0 Å². The van der Waals surface area contributed by atoms with E-state index in [0.717, 1.165) is 5.92 Å². The monoisotopic (exact) mass is 238 g/mol. The minimum atomic E-state index is 0.549. The second kappa shape index (κ2) is 5.30. The maximum atomic E-state index is 3.52. The molecule has 1 aliphatic rings. The van der Waals surface area contributed by atoms with E-state index in [4.69, 9.17) is 0 Å². The molecule has 3 atom stereocenters. The number of rotatable bonds is 4. The number of hydrogen-bond acceptors (Lipinski definition) is 3. The summed E-state index contributed by atoms with van der Waals surface area (Å²) < 4.78 is 0. The molecule has 90 valence electrons. The van der Waals surface area contributed by atoms with Crippen LogP contribution in [0.5, 0.6) is 0 Å². The van der Waals surface area contributed by atoms with Gasteiger partial charge in [-0.25, -0.2) is 0 Å². The SMILES string of the molecule is CC1NCCC1CN(C)C(C)c1cccs1. The molecular weight excluding hydrogens is 216 g/mol. The van der Waals surface area contributed by atoms with E-state index in [0.29, 0.717) is 12.1 Å². The highest BCUT2D eigenvalue weighted by molar-refractivity contribution is 7.10. The predicted molar refractivity (Wildman–Crippen MR) is 70.9 cm³/mol. The van der Waals surface area contributed by atoms with Gasteiger partial charge in [0.05, 0.1) is 0 Å². The summed E-state index contributed by atoms with van der Waals surface area (Å²) in [5, 5.41) is 5.69. The van der Waals surface area contributed by atoms with Crippen molar-refractivity contribution in [2.45, 2.75) is 32.4 Å². The van der Waals surface area contributed by atoms with Crippen LogP contribution < -0.4 is 5.32 Å². The maximum Gasteiger partial charge on any atom is 0.0410 e. The molecule has 0 radical (unpaired) electrons. The highest BCUT2D eigenvalue weighted by Crippen LogP contribution is 2.26. The molecule has 1 aromatic rings. The summed E-state index contributed by atoms with van der Waals surface area (Å²) in [5.41, 5.74) is 0. The van der Waals surface area contributed by atoms with Crippen LogP contribution >= 0.6 is 11.3 Å². The highest BCUT2D eigenvalue weighted by Gasteiger charge is 2.25. The Hall–Kier alpha value is -0.380. The van der Waals surface area contributed by atoms with Gasteiger partial charge in [0.1, 0.15) is 0 Å². The van der Waals surface area contributed by atoms with Gasteiger partial charge in [0.15, 0.2) is 0 Å². The molecule has 2 rings (SSSR count). The van der Waals surface area contributed by atoms with Gasteiger partial charge in [-0.3, -0.25) is 4.90 Å². The average molecular weight is 238 g/mol. The Morgan fingerprint density at radius 2 is 2.44 bits per heavy atom. The number of nitrogens with zero attached hydrogens (tertiary/aromatic N) is 1. The van der Waals surface area contributed by atoms with Crippen LogP contribution in [0, 0.1) is 5.92 Å². The zero-order chi connectivity index (χ0) is 11.5. The van der Waals surface area contributed by atoms with Crippen LogP contribution in [-0.4, -0.2) is 31.1 Å². The summed E-state index contributed by atoms with van der Waals surface area (Å²) in [6, 6.07) is 5.61. The smallest absolute Gasteiger partial charge is 0.0410 e. The molecule has 16 heavy (non-hydrogen) atoms. The lowest BCUT2D eigenvalue weighted by Gasteiger charge is -2.28. The van der Waals surface area contributed by atoms with Crippen molar-refractivity contribution < 1.29 is 0 Å². The van der Waals surface area contributed by atoms with Gasteiger partial charge in [0.2, 0.25) is 0 Å². The summed E-state index contributed by atoms with van der Waals surface area (Å²) >= 11 is 1.86. The fourth-order valence-corrected chi connectivity index (χ4v) is 3.28. The molecule has 0 spiro atoms. The van der Waals surface area contributed by atoms with E-state index < -0.39 is 0 Å². The van der Waals surface area contributed by atoms with Crippen LogP contribution in [0.2, 0.25) is 0 Å². The lowest BCUT2D eigenvalue weighted by molar-refractivity contribution is 0.215. The first-order chi connectivity index (χ1) is 7.68. The van der Waals surface area contributed by atoms with Gasteiger partial charge >= 0.3 is 0 Å². The fourth-order valence-electron chi connectivity index (χ4n) is 2.44. The second-order valence-corrected chi connectivity index (χ2v) is 5.90. The van der Waals surface area contributed by atoms with Crippen molar-refractivity contribution >= 4 is 11.3 Å². The number of hydrogen-bond donors (Lipinski definition) is 1. The van der Waals surface area contributed by atoms with Crippen LogP contribution in [0.1, 0.15) is 31.2 Å². The minimum Gasteiger partial charge on any atom is -0.314 e. The first-order valence-corrected chi connectivity index (χ1v) is 7.03. The van der Waals surface area contributed by atoms with E-state index >= 15 is 0 Å². The Balaban J connectivity index is 1.90. The largest absolute Gasteiger partial charge is 0.314 e. The van der Waals surface area contributed by atoms with Crippen LogP contribution in [0.15, 0.2) is 17.5 Å². The molecule has 1 aromatic heterocycles. The Labute approximate surface area is 103 Å². The van der Waals surface area contributed by atoms with E-state index in [9.17, 15) is 0 Å². The molecule has 0 aromatic carbocycles. The zero-order valence-corrected chi connectivity index (χ0v) is 11.3. The molecule has 0 bridgehead atoms. The minimum absolute atomic E-state index is 0.549. The topological polar surface area (TPSA) is 15.3 Å². The third-order valence-electron chi connectivity index (χ3n) is 3.83. The van der Waals surface area contributed by atoms with Gasteiger partial charge in [-0.15, -0.1) is 11.3 Å². The van der Waals surface area contributed by atoms with Crippen molar-refractivity contribution in [3.63, 3.8) is 0 Å². The van der Waals surface area contributed by atoms with E-state index in [1.54, 1.807) is 0 Å². The van der Waals surface area contributed by atoms with Gasteiger partial charge < -0.3 is 5.32 Å². The first kappa shape index (κ1) is 12.1. The first-order valence-electron chi connectivity index (χ1n) is 6.15. The molecule has 0 amide bonds. The highest BCUT2D eigenvalue weighted by atomic mass is 32.1. The molecule has 1 aliphatic heterocycles.